The molecule has 0 spiro atoms. The molecule has 1 N–H and O–H groups in total. The zero-order valence-corrected chi connectivity index (χ0v) is 20.3. The van der Waals surface area contributed by atoms with Gasteiger partial charge in [-0.15, -0.1) is 0 Å². The molecule has 0 aliphatic carbocycles. The molecule has 1 aromatic carbocycles. The third-order valence-electron chi connectivity index (χ3n) is 6.47. The lowest BCUT2D eigenvalue weighted by Crippen LogP contribution is -2.24. The van der Waals surface area contributed by atoms with Crippen LogP contribution < -0.4 is 5.32 Å². The predicted octanol–water partition coefficient (Wildman–Crippen LogP) is 4.60. The van der Waals surface area contributed by atoms with E-state index in [1.54, 1.807) is 19.5 Å². The van der Waals surface area contributed by atoms with E-state index in [9.17, 15) is 0 Å². The van der Waals surface area contributed by atoms with Crippen LogP contribution >= 0.6 is 0 Å². The quantitative estimate of drug-likeness (QED) is 0.384. The fourth-order valence-electron chi connectivity index (χ4n) is 4.55. The summed E-state index contributed by atoms with van der Waals surface area (Å²) in [6.45, 7) is 6.86. The van der Waals surface area contributed by atoms with E-state index in [2.05, 4.69) is 51.4 Å². The van der Waals surface area contributed by atoms with Gasteiger partial charge in [0.15, 0.2) is 0 Å². The van der Waals surface area contributed by atoms with E-state index in [1.807, 2.05) is 35.3 Å². The van der Waals surface area contributed by atoms with Gasteiger partial charge in [-0.2, -0.15) is 5.10 Å². The number of aryl methyl sites for hydroxylation is 1. The molecule has 8 heteroatoms. The van der Waals surface area contributed by atoms with Crippen molar-refractivity contribution in [3.63, 3.8) is 0 Å². The van der Waals surface area contributed by atoms with Crippen LogP contribution in [0.1, 0.15) is 24.8 Å². The molecule has 1 fully saturated rings. The van der Waals surface area contributed by atoms with Crippen LogP contribution in [0.5, 0.6) is 0 Å². The maximum Gasteiger partial charge on any atom is 0.227 e. The van der Waals surface area contributed by atoms with Crippen molar-refractivity contribution in [1.29, 1.82) is 0 Å². The van der Waals surface area contributed by atoms with Crippen molar-refractivity contribution in [2.75, 3.05) is 38.7 Å². The van der Waals surface area contributed by atoms with Crippen LogP contribution in [0.2, 0.25) is 0 Å². The maximum absolute atomic E-state index is 5.22. The smallest absolute Gasteiger partial charge is 0.227 e. The average Bonchev–Trinajstić information content (AvgIpc) is 3.56. The van der Waals surface area contributed by atoms with Crippen LogP contribution in [-0.4, -0.2) is 63.0 Å². The van der Waals surface area contributed by atoms with Gasteiger partial charge in [-0.25, -0.2) is 9.97 Å². The molecule has 1 saturated heterocycles. The van der Waals surface area contributed by atoms with Crippen LogP contribution in [0.3, 0.4) is 0 Å². The lowest BCUT2D eigenvalue weighted by Gasteiger charge is -2.15. The van der Waals surface area contributed by atoms with Crippen LogP contribution in [0.4, 0.5) is 11.6 Å². The first-order valence-electron chi connectivity index (χ1n) is 12.1. The molecule has 1 atom stereocenters. The Labute approximate surface area is 206 Å². The van der Waals surface area contributed by atoms with Crippen molar-refractivity contribution < 1.29 is 4.74 Å². The number of hydrogen-bond donors (Lipinski definition) is 1. The van der Waals surface area contributed by atoms with E-state index in [4.69, 9.17) is 14.8 Å². The summed E-state index contributed by atoms with van der Waals surface area (Å²) in [5.41, 5.74) is 5.95. The maximum atomic E-state index is 5.22. The van der Waals surface area contributed by atoms with Crippen molar-refractivity contribution >= 4 is 11.6 Å². The molecule has 0 amide bonds. The Morgan fingerprint density at radius 3 is 2.77 bits per heavy atom. The largest absolute Gasteiger partial charge is 0.383 e. The Morgan fingerprint density at radius 2 is 2.00 bits per heavy atom. The van der Waals surface area contributed by atoms with E-state index in [0.29, 0.717) is 11.9 Å². The number of likely N-dealkylation sites (tertiary alicyclic amines) is 1. The second-order valence-electron chi connectivity index (χ2n) is 8.78. The number of anilines is 2. The predicted molar refractivity (Wildman–Crippen MR) is 138 cm³/mol. The zero-order chi connectivity index (χ0) is 24.0. The number of hydrogen-bond acceptors (Lipinski definition) is 7. The molecule has 1 aliphatic rings. The summed E-state index contributed by atoms with van der Waals surface area (Å²) < 4.78 is 7.14. The molecule has 35 heavy (non-hydrogen) atoms. The fourth-order valence-corrected chi connectivity index (χ4v) is 4.55. The van der Waals surface area contributed by atoms with Gasteiger partial charge >= 0.3 is 0 Å². The summed E-state index contributed by atoms with van der Waals surface area (Å²) in [5, 5.41) is 8.10. The highest BCUT2D eigenvalue weighted by atomic mass is 16.5. The van der Waals surface area contributed by atoms with Gasteiger partial charge in [-0.3, -0.25) is 9.67 Å². The number of ether oxygens (including phenoxy) is 1. The van der Waals surface area contributed by atoms with E-state index < -0.39 is 0 Å². The molecular formula is C27H31N7O. The summed E-state index contributed by atoms with van der Waals surface area (Å²) in [6, 6.07) is 14.5. The summed E-state index contributed by atoms with van der Waals surface area (Å²) in [7, 11) is 1.76. The van der Waals surface area contributed by atoms with Gasteiger partial charge in [0.1, 0.15) is 5.69 Å². The normalized spacial score (nSPS) is 16.0. The molecular weight excluding hydrogens is 438 g/mol. The highest BCUT2D eigenvalue weighted by Crippen LogP contribution is 2.31. The monoisotopic (exact) mass is 469 g/mol. The molecule has 8 nitrogen and oxygen atoms in total. The van der Waals surface area contributed by atoms with Crippen LogP contribution in [0.25, 0.3) is 22.5 Å². The molecule has 4 aromatic rings. The molecule has 0 radical (unpaired) electrons. The number of rotatable bonds is 9. The summed E-state index contributed by atoms with van der Waals surface area (Å²) in [5.74, 6) is 1.13. The third kappa shape index (κ3) is 5.39. The van der Waals surface area contributed by atoms with Gasteiger partial charge in [0.05, 0.1) is 12.3 Å². The molecule has 1 aliphatic heterocycles. The fraction of sp³-hybridized carbons (Fsp3) is 0.333. The van der Waals surface area contributed by atoms with Gasteiger partial charge in [-0.1, -0.05) is 12.1 Å². The summed E-state index contributed by atoms with van der Waals surface area (Å²) >= 11 is 0. The molecule has 1 unspecified atom stereocenters. The number of benzene rings is 1. The van der Waals surface area contributed by atoms with Crippen molar-refractivity contribution in [3.05, 3.63) is 72.8 Å². The molecule has 5 rings (SSSR count). The minimum Gasteiger partial charge on any atom is -0.383 e. The van der Waals surface area contributed by atoms with Crippen molar-refractivity contribution in [1.82, 2.24) is 29.6 Å². The van der Waals surface area contributed by atoms with E-state index >= 15 is 0 Å². The number of methoxy groups -OCH3 is 1. The Bertz CT molecular complexity index is 1240. The second-order valence-corrected chi connectivity index (χ2v) is 8.78. The summed E-state index contributed by atoms with van der Waals surface area (Å²) in [4.78, 5) is 16.0. The molecule has 180 valence electrons. The topological polar surface area (TPSA) is 81.0 Å². The average molecular weight is 470 g/mol. The number of nitrogens with zero attached hydrogens (tertiary/aromatic N) is 6. The van der Waals surface area contributed by atoms with Crippen molar-refractivity contribution in [2.24, 2.45) is 0 Å². The third-order valence-corrected chi connectivity index (χ3v) is 6.47. The van der Waals surface area contributed by atoms with Crippen LogP contribution in [0.15, 0.2) is 67.3 Å². The van der Waals surface area contributed by atoms with Crippen LogP contribution in [0, 0.1) is 0 Å². The highest BCUT2D eigenvalue weighted by molar-refractivity contribution is 5.78. The lowest BCUT2D eigenvalue weighted by atomic mass is 9.98. The Morgan fingerprint density at radius 1 is 1.11 bits per heavy atom. The first-order valence-corrected chi connectivity index (χ1v) is 12.1. The van der Waals surface area contributed by atoms with Gasteiger partial charge < -0.3 is 15.0 Å². The Balaban J connectivity index is 1.31. The molecule has 0 saturated carbocycles. The minimum atomic E-state index is 0.559. The van der Waals surface area contributed by atoms with E-state index in [1.165, 1.54) is 12.0 Å². The molecule has 0 bridgehead atoms. The lowest BCUT2D eigenvalue weighted by molar-refractivity contribution is 0.160. The van der Waals surface area contributed by atoms with Crippen LogP contribution in [-0.2, 0) is 11.3 Å². The highest BCUT2D eigenvalue weighted by Gasteiger charge is 2.23. The second kappa shape index (κ2) is 10.8. The molecule has 3 aromatic heterocycles. The number of aromatic nitrogens is 5. The summed E-state index contributed by atoms with van der Waals surface area (Å²) in [6.07, 6.45) is 8.59. The van der Waals surface area contributed by atoms with Gasteiger partial charge in [0.2, 0.25) is 5.95 Å². The SMILES string of the molecule is CCn1cc(-c2ccnc(Nc3ccc(C4CCN(CCOC)C4)cc3)n2)c(-c2cccnc2)n1. The van der Waals surface area contributed by atoms with E-state index in [-0.39, 0.29) is 0 Å². The van der Waals surface area contributed by atoms with E-state index in [0.717, 1.165) is 61.0 Å². The van der Waals surface area contributed by atoms with Gasteiger partial charge in [0.25, 0.3) is 0 Å². The van der Waals surface area contributed by atoms with Gasteiger partial charge in [0, 0.05) is 68.3 Å². The van der Waals surface area contributed by atoms with Crippen molar-refractivity contribution in [2.45, 2.75) is 25.8 Å². The minimum absolute atomic E-state index is 0.559. The standard InChI is InChI=1S/C27H31N7O/c1-3-34-19-24(26(32-34)21-5-4-12-28-17-21)25-10-13-29-27(31-25)30-23-8-6-20(7-9-23)22-11-14-33(18-22)15-16-35-2/h4-10,12-13,17,19,22H,3,11,14-16,18H2,1-2H3,(H,29,30,31). The Kier molecular flexibility index (Phi) is 7.11. The van der Waals surface area contributed by atoms with Crippen molar-refractivity contribution in [3.8, 4) is 22.5 Å². The number of nitrogens with one attached hydrogen (secondary N) is 1. The zero-order valence-electron chi connectivity index (χ0n) is 20.3. The first kappa shape index (κ1) is 23.1. The van der Waals surface area contributed by atoms with Gasteiger partial charge in [-0.05, 0) is 61.7 Å². The Hall–Kier alpha value is -3.62. The first-order chi connectivity index (χ1) is 17.2. The number of pyridine rings is 1. The molecule has 4 heterocycles.